The smallest absolute Gasteiger partial charge is 0.159 e. The van der Waals surface area contributed by atoms with E-state index >= 15 is 0 Å². The number of hydrogen-bond donors (Lipinski definition) is 1. The molecular formula is C16H23F2NS2. The van der Waals surface area contributed by atoms with Crippen LogP contribution in [-0.4, -0.2) is 34.6 Å². The third-order valence-corrected chi connectivity index (χ3v) is 6.98. The summed E-state index contributed by atoms with van der Waals surface area (Å²) in [6.07, 6.45) is 1.83. The molecule has 0 radical (unpaired) electrons. The Hall–Kier alpha value is -0.260. The second kappa shape index (κ2) is 8.39. The fourth-order valence-corrected chi connectivity index (χ4v) is 5.61. The molecule has 0 aliphatic carbocycles. The van der Waals surface area contributed by atoms with Crippen molar-refractivity contribution in [2.45, 2.75) is 43.2 Å². The highest BCUT2D eigenvalue weighted by molar-refractivity contribution is 8.07. The Kier molecular flexibility index (Phi) is 6.83. The minimum atomic E-state index is -0.771. The number of halogens is 2. The summed E-state index contributed by atoms with van der Waals surface area (Å²) in [4.78, 5) is 0. The lowest BCUT2D eigenvalue weighted by Gasteiger charge is -2.35. The van der Waals surface area contributed by atoms with E-state index in [1.54, 1.807) is 6.07 Å². The van der Waals surface area contributed by atoms with Gasteiger partial charge in [-0.05, 0) is 37.1 Å². The van der Waals surface area contributed by atoms with Crippen molar-refractivity contribution in [3.05, 3.63) is 35.4 Å². The lowest BCUT2D eigenvalue weighted by molar-refractivity contribution is 0.480. The molecule has 0 amide bonds. The van der Waals surface area contributed by atoms with Crippen molar-refractivity contribution in [3.8, 4) is 0 Å². The third kappa shape index (κ3) is 4.86. The first-order chi connectivity index (χ1) is 10.1. The molecule has 0 aromatic heterocycles. The predicted octanol–water partition coefficient (Wildman–Crippen LogP) is 4.11. The second-order valence-corrected chi connectivity index (χ2v) is 8.20. The summed E-state index contributed by atoms with van der Waals surface area (Å²) < 4.78 is 26.5. The molecule has 2 rings (SSSR count). The fraction of sp³-hybridized carbons (Fsp3) is 0.625. The highest BCUT2D eigenvalue weighted by Crippen LogP contribution is 2.34. The number of thioether (sulfide) groups is 2. The second-order valence-electron chi connectivity index (χ2n) is 5.42. The van der Waals surface area contributed by atoms with E-state index in [0.717, 1.165) is 24.9 Å². The Morgan fingerprint density at radius 2 is 2.00 bits per heavy atom. The zero-order chi connectivity index (χ0) is 15.2. The number of hydrogen-bond acceptors (Lipinski definition) is 3. The van der Waals surface area contributed by atoms with Gasteiger partial charge in [0.1, 0.15) is 0 Å². The normalized spacial score (nSPS) is 24.0. The molecule has 21 heavy (non-hydrogen) atoms. The minimum Gasteiger partial charge on any atom is -0.313 e. The molecular weight excluding hydrogens is 308 g/mol. The molecule has 1 saturated heterocycles. The van der Waals surface area contributed by atoms with Crippen LogP contribution < -0.4 is 5.32 Å². The molecule has 1 fully saturated rings. The molecule has 1 heterocycles. The van der Waals surface area contributed by atoms with Gasteiger partial charge >= 0.3 is 0 Å². The molecule has 118 valence electrons. The zero-order valence-electron chi connectivity index (χ0n) is 12.6. The predicted molar refractivity (Wildman–Crippen MR) is 90.3 cm³/mol. The highest BCUT2D eigenvalue weighted by atomic mass is 32.2. The molecule has 1 aliphatic rings. The van der Waals surface area contributed by atoms with E-state index in [4.69, 9.17) is 0 Å². The van der Waals surface area contributed by atoms with Crippen LogP contribution in [0.25, 0.3) is 0 Å². The summed E-state index contributed by atoms with van der Waals surface area (Å²) in [5, 5.41) is 4.71. The topological polar surface area (TPSA) is 12.0 Å². The maximum atomic E-state index is 13.4. The summed E-state index contributed by atoms with van der Waals surface area (Å²) in [6, 6.07) is 4.57. The fourth-order valence-electron chi connectivity index (χ4n) is 2.65. The summed E-state index contributed by atoms with van der Waals surface area (Å²) in [5.41, 5.74) is 0.867. The van der Waals surface area contributed by atoms with E-state index < -0.39 is 11.6 Å². The van der Waals surface area contributed by atoms with Crippen LogP contribution in [0.2, 0.25) is 0 Å². The van der Waals surface area contributed by atoms with Crippen LogP contribution in [0.15, 0.2) is 18.2 Å². The molecule has 1 nitrogen and oxygen atoms in total. The summed E-state index contributed by atoms with van der Waals surface area (Å²) in [7, 11) is 0. The van der Waals surface area contributed by atoms with Crippen LogP contribution in [0.5, 0.6) is 0 Å². The molecule has 3 atom stereocenters. The van der Waals surface area contributed by atoms with Gasteiger partial charge in [-0.1, -0.05) is 19.9 Å². The molecule has 1 N–H and O–H groups in total. The molecule has 0 saturated carbocycles. The molecule has 1 aromatic carbocycles. The average Bonchev–Trinajstić information content (AvgIpc) is 2.48. The lowest BCUT2D eigenvalue weighted by atomic mass is 10.0. The molecule has 3 unspecified atom stereocenters. The largest absolute Gasteiger partial charge is 0.313 e. The van der Waals surface area contributed by atoms with Crippen LogP contribution in [-0.2, 0) is 6.42 Å². The quantitative estimate of drug-likeness (QED) is 0.842. The van der Waals surface area contributed by atoms with Crippen molar-refractivity contribution in [1.82, 2.24) is 5.32 Å². The van der Waals surface area contributed by atoms with E-state index in [2.05, 4.69) is 19.2 Å². The van der Waals surface area contributed by atoms with Crippen molar-refractivity contribution in [3.63, 3.8) is 0 Å². The Labute approximate surface area is 134 Å². The highest BCUT2D eigenvalue weighted by Gasteiger charge is 2.30. The lowest BCUT2D eigenvalue weighted by Crippen LogP contribution is -2.46. The number of nitrogens with one attached hydrogen (secondary N) is 1. The van der Waals surface area contributed by atoms with Crippen molar-refractivity contribution in [2.75, 3.05) is 18.1 Å². The van der Waals surface area contributed by atoms with Crippen LogP contribution in [0.3, 0.4) is 0 Å². The molecule has 1 aromatic rings. The van der Waals surface area contributed by atoms with Gasteiger partial charge in [-0.25, -0.2) is 8.78 Å². The van der Waals surface area contributed by atoms with Crippen molar-refractivity contribution in [2.24, 2.45) is 0 Å². The van der Waals surface area contributed by atoms with Crippen molar-refractivity contribution >= 4 is 23.5 Å². The molecule has 5 heteroatoms. The van der Waals surface area contributed by atoms with Gasteiger partial charge < -0.3 is 5.32 Å². The monoisotopic (exact) mass is 331 g/mol. The molecule has 0 bridgehead atoms. The Morgan fingerprint density at radius 1 is 1.24 bits per heavy atom. The Bertz CT molecular complexity index is 456. The van der Waals surface area contributed by atoms with Crippen LogP contribution in [0.1, 0.15) is 25.8 Å². The summed E-state index contributed by atoms with van der Waals surface area (Å²) in [6.45, 7) is 5.38. The van der Waals surface area contributed by atoms with Crippen LogP contribution in [0, 0.1) is 11.6 Å². The molecule has 0 spiro atoms. The van der Waals surface area contributed by atoms with E-state index in [0.29, 0.717) is 16.5 Å². The van der Waals surface area contributed by atoms with Crippen LogP contribution in [0.4, 0.5) is 8.78 Å². The first-order valence-corrected chi connectivity index (χ1v) is 9.62. The van der Waals surface area contributed by atoms with Crippen molar-refractivity contribution in [1.29, 1.82) is 0 Å². The van der Waals surface area contributed by atoms with Gasteiger partial charge in [0.2, 0.25) is 0 Å². The summed E-state index contributed by atoms with van der Waals surface area (Å²) in [5.74, 6) is 0.851. The van der Waals surface area contributed by atoms with Crippen LogP contribution >= 0.6 is 23.5 Å². The maximum absolute atomic E-state index is 13.4. The SMILES string of the molecule is CCCNC(Cc1ccc(F)c(F)c1)C1SCCSC1C. The van der Waals surface area contributed by atoms with E-state index in [-0.39, 0.29) is 0 Å². The van der Waals surface area contributed by atoms with Gasteiger partial charge in [0.15, 0.2) is 11.6 Å². The van der Waals surface area contributed by atoms with Gasteiger partial charge in [0, 0.05) is 28.0 Å². The van der Waals surface area contributed by atoms with E-state index in [1.807, 2.05) is 23.5 Å². The average molecular weight is 331 g/mol. The Morgan fingerprint density at radius 3 is 2.67 bits per heavy atom. The zero-order valence-corrected chi connectivity index (χ0v) is 14.2. The van der Waals surface area contributed by atoms with Gasteiger partial charge in [0.05, 0.1) is 0 Å². The number of rotatable bonds is 6. The Balaban J connectivity index is 2.09. The van der Waals surface area contributed by atoms with Gasteiger partial charge in [-0.15, -0.1) is 0 Å². The van der Waals surface area contributed by atoms with Gasteiger partial charge in [-0.3, -0.25) is 0 Å². The maximum Gasteiger partial charge on any atom is 0.159 e. The first kappa shape index (κ1) is 17.1. The first-order valence-electron chi connectivity index (χ1n) is 7.52. The third-order valence-electron chi connectivity index (χ3n) is 3.73. The van der Waals surface area contributed by atoms with E-state index in [9.17, 15) is 8.78 Å². The number of benzene rings is 1. The molecule has 1 aliphatic heterocycles. The van der Waals surface area contributed by atoms with Crippen molar-refractivity contribution < 1.29 is 8.78 Å². The van der Waals surface area contributed by atoms with Gasteiger partial charge in [0.25, 0.3) is 0 Å². The van der Waals surface area contributed by atoms with Gasteiger partial charge in [-0.2, -0.15) is 23.5 Å². The standard InChI is InChI=1S/C16H23F2NS2/c1-3-6-19-15(16-11(2)20-7-8-21-16)10-12-4-5-13(17)14(18)9-12/h4-5,9,11,15-16,19H,3,6-8,10H2,1-2H3. The minimum absolute atomic E-state index is 0.308. The van der Waals surface area contributed by atoms with E-state index in [1.165, 1.54) is 23.6 Å². The summed E-state index contributed by atoms with van der Waals surface area (Å²) >= 11 is 4.01.